The van der Waals surface area contributed by atoms with Crippen molar-refractivity contribution in [1.82, 2.24) is 4.98 Å². The number of hydrogen-bond donors (Lipinski definition) is 0. The molecule has 0 saturated heterocycles. The van der Waals surface area contributed by atoms with Crippen molar-refractivity contribution >= 4 is 33.2 Å². The molecule has 3 aromatic rings. The molecule has 3 rings (SSSR count). The summed E-state index contributed by atoms with van der Waals surface area (Å²) in [5.41, 5.74) is 3.46. The molecule has 0 aliphatic rings. The van der Waals surface area contributed by atoms with E-state index in [1.54, 1.807) is 11.3 Å². The van der Waals surface area contributed by atoms with Crippen LogP contribution in [0.4, 0.5) is 0 Å². The predicted molar refractivity (Wildman–Crippen MR) is 79.4 cm³/mol. The maximum absolute atomic E-state index is 6.26. The zero-order valence-corrected chi connectivity index (χ0v) is 11.6. The topological polar surface area (TPSA) is 12.9 Å². The molecule has 2 aromatic carbocycles. The number of benzene rings is 2. The molecule has 0 saturated carbocycles. The van der Waals surface area contributed by atoms with Gasteiger partial charge in [-0.1, -0.05) is 54.9 Å². The lowest BCUT2D eigenvalue weighted by Crippen LogP contribution is -1.83. The van der Waals surface area contributed by atoms with Crippen LogP contribution in [0.2, 0.25) is 5.02 Å². The largest absolute Gasteiger partial charge is 0.236 e. The lowest BCUT2D eigenvalue weighted by atomic mass is 10.1. The van der Waals surface area contributed by atoms with E-state index in [2.05, 4.69) is 25.1 Å². The highest BCUT2D eigenvalue weighted by Crippen LogP contribution is 2.36. The van der Waals surface area contributed by atoms with Gasteiger partial charge in [-0.2, -0.15) is 0 Å². The van der Waals surface area contributed by atoms with Crippen LogP contribution in [0.3, 0.4) is 0 Å². The Balaban J connectivity index is 2.25. The zero-order valence-electron chi connectivity index (χ0n) is 9.98. The first-order valence-corrected chi connectivity index (χ1v) is 7.12. The summed E-state index contributed by atoms with van der Waals surface area (Å²) in [5.74, 6) is 0. The molecule has 1 aromatic heterocycles. The fourth-order valence-electron chi connectivity index (χ4n) is 2.02. The van der Waals surface area contributed by atoms with E-state index in [0.717, 1.165) is 32.2 Å². The lowest BCUT2D eigenvalue weighted by molar-refractivity contribution is 1.15. The first-order chi connectivity index (χ1) is 8.79. The van der Waals surface area contributed by atoms with Crippen molar-refractivity contribution in [2.45, 2.75) is 13.3 Å². The Morgan fingerprint density at radius 3 is 2.61 bits per heavy atom. The number of hydrogen-bond acceptors (Lipinski definition) is 2. The number of nitrogens with zero attached hydrogens (tertiary/aromatic N) is 1. The molecule has 0 amide bonds. The average Bonchev–Trinajstić information content (AvgIpc) is 2.86. The fraction of sp³-hybridized carbons (Fsp3) is 0.133. The smallest absolute Gasteiger partial charge is 0.124 e. The van der Waals surface area contributed by atoms with Gasteiger partial charge in [-0.15, -0.1) is 11.3 Å². The Hall–Kier alpha value is -1.38. The molecule has 0 radical (unpaired) electrons. The molecule has 1 heterocycles. The summed E-state index contributed by atoms with van der Waals surface area (Å²) < 4.78 is 1.09. The van der Waals surface area contributed by atoms with Crippen LogP contribution in [-0.4, -0.2) is 4.98 Å². The van der Waals surface area contributed by atoms with Crippen LogP contribution in [0.5, 0.6) is 0 Å². The molecule has 0 aliphatic carbocycles. The molecular weight excluding hydrogens is 262 g/mol. The Morgan fingerprint density at radius 2 is 1.89 bits per heavy atom. The monoisotopic (exact) mass is 273 g/mol. The summed E-state index contributed by atoms with van der Waals surface area (Å²) in [5, 5.41) is 1.83. The molecular formula is C15H12ClNS. The van der Waals surface area contributed by atoms with Gasteiger partial charge >= 0.3 is 0 Å². The van der Waals surface area contributed by atoms with Gasteiger partial charge in [0.1, 0.15) is 5.01 Å². The van der Waals surface area contributed by atoms with Crippen molar-refractivity contribution in [3.63, 3.8) is 0 Å². The summed E-state index contributed by atoms with van der Waals surface area (Å²) >= 11 is 7.92. The molecule has 0 aliphatic heterocycles. The molecule has 0 bridgehead atoms. The van der Waals surface area contributed by atoms with Gasteiger partial charge in [-0.25, -0.2) is 4.98 Å². The molecule has 90 valence electrons. The van der Waals surface area contributed by atoms with Gasteiger partial charge in [-0.05, 0) is 18.1 Å². The van der Waals surface area contributed by atoms with Crippen molar-refractivity contribution in [2.24, 2.45) is 0 Å². The SMILES string of the molecule is CCc1ccc(Cl)c2sc(-c3ccccc3)nc12. The second-order valence-electron chi connectivity index (χ2n) is 4.12. The Bertz CT molecular complexity index is 688. The van der Waals surface area contributed by atoms with E-state index in [1.807, 2.05) is 24.3 Å². The van der Waals surface area contributed by atoms with Crippen LogP contribution in [0, 0.1) is 0 Å². The van der Waals surface area contributed by atoms with Crippen molar-refractivity contribution < 1.29 is 0 Å². The lowest BCUT2D eigenvalue weighted by Gasteiger charge is -1.98. The predicted octanol–water partition coefficient (Wildman–Crippen LogP) is 5.18. The van der Waals surface area contributed by atoms with E-state index in [0.29, 0.717) is 0 Å². The first-order valence-electron chi connectivity index (χ1n) is 5.93. The number of aryl methyl sites for hydroxylation is 1. The summed E-state index contributed by atoms with van der Waals surface area (Å²) in [6.07, 6.45) is 0.978. The Morgan fingerprint density at radius 1 is 1.11 bits per heavy atom. The highest BCUT2D eigenvalue weighted by atomic mass is 35.5. The maximum Gasteiger partial charge on any atom is 0.124 e. The molecule has 3 heteroatoms. The number of aromatic nitrogens is 1. The van der Waals surface area contributed by atoms with E-state index >= 15 is 0 Å². The quantitative estimate of drug-likeness (QED) is 0.627. The van der Waals surface area contributed by atoms with E-state index in [4.69, 9.17) is 16.6 Å². The number of fused-ring (bicyclic) bond motifs is 1. The van der Waals surface area contributed by atoms with Crippen molar-refractivity contribution in [3.8, 4) is 10.6 Å². The minimum atomic E-state index is 0.793. The molecule has 1 nitrogen and oxygen atoms in total. The van der Waals surface area contributed by atoms with Crippen LogP contribution in [0.1, 0.15) is 12.5 Å². The second kappa shape index (κ2) is 4.71. The number of halogens is 1. The third-order valence-corrected chi connectivity index (χ3v) is 4.55. The third kappa shape index (κ3) is 1.92. The Labute approximate surface area is 115 Å². The fourth-order valence-corrected chi connectivity index (χ4v) is 3.31. The number of rotatable bonds is 2. The summed E-state index contributed by atoms with van der Waals surface area (Å²) in [4.78, 5) is 4.75. The van der Waals surface area contributed by atoms with Crippen LogP contribution in [0.15, 0.2) is 42.5 Å². The Kier molecular flexibility index (Phi) is 3.06. The van der Waals surface area contributed by atoms with Gasteiger partial charge < -0.3 is 0 Å². The average molecular weight is 274 g/mol. The molecule has 0 spiro atoms. The van der Waals surface area contributed by atoms with Crippen LogP contribution in [-0.2, 0) is 6.42 Å². The van der Waals surface area contributed by atoms with E-state index < -0.39 is 0 Å². The van der Waals surface area contributed by atoms with Crippen molar-refractivity contribution in [3.05, 3.63) is 53.1 Å². The van der Waals surface area contributed by atoms with Crippen molar-refractivity contribution in [1.29, 1.82) is 0 Å². The van der Waals surface area contributed by atoms with Crippen LogP contribution in [0.25, 0.3) is 20.8 Å². The van der Waals surface area contributed by atoms with E-state index in [1.165, 1.54) is 5.56 Å². The molecule has 0 N–H and O–H groups in total. The maximum atomic E-state index is 6.26. The van der Waals surface area contributed by atoms with Crippen LogP contribution < -0.4 is 0 Å². The summed E-state index contributed by atoms with van der Waals surface area (Å²) in [6, 6.07) is 14.3. The summed E-state index contributed by atoms with van der Waals surface area (Å²) in [6.45, 7) is 2.14. The second-order valence-corrected chi connectivity index (χ2v) is 5.53. The standard InChI is InChI=1S/C15H12ClNS/c1-2-10-8-9-12(16)14-13(10)17-15(18-14)11-6-4-3-5-7-11/h3-9H,2H2,1H3. The molecule has 0 unspecified atom stereocenters. The summed E-state index contributed by atoms with van der Waals surface area (Å²) in [7, 11) is 0. The van der Waals surface area contributed by atoms with E-state index in [-0.39, 0.29) is 0 Å². The van der Waals surface area contributed by atoms with Gasteiger partial charge in [0.25, 0.3) is 0 Å². The van der Waals surface area contributed by atoms with Crippen molar-refractivity contribution in [2.75, 3.05) is 0 Å². The number of thiazole rings is 1. The highest BCUT2D eigenvalue weighted by Gasteiger charge is 2.11. The van der Waals surface area contributed by atoms with Gasteiger partial charge in [0.15, 0.2) is 0 Å². The first kappa shape index (κ1) is 11.7. The minimum absolute atomic E-state index is 0.793. The molecule has 0 atom stereocenters. The molecule has 0 fully saturated rings. The van der Waals surface area contributed by atoms with Gasteiger partial charge in [0.2, 0.25) is 0 Å². The van der Waals surface area contributed by atoms with Gasteiger partial charge in [0, 0.05) is 5.56 Å². The normalized spacial score (nSPS) is 11.0. The third-order valence-electron chi connectivity index (χ3n) is 2.98. The minimum Gasteiger partial charge on any atom is -0.236 e. The van der Waals surface area contributed by atoms with E-state index in [9.17, 15) is 0 Å². The van der Waals surface area contributed by atoms with Gasteiger partial charge in [-0.3, -0.25) is 0 Å². The molecule has 18 heavy (non-hydrogen) atoms. The highest BCUT2D eigenvalue weighted by molar-refractivity contribution is 7.22. The van der Waals surface area contributed by atoms with Gasteiger partial charge in [0.05, 0.1) is 15.2 Å². The zero-order chi connectivity index (χ0) is 12.5. The van der Waals surface area contributed by atoms with Crippen LogP contribution >= 0.6 is 22.9 Å².